The Kier molecular flexibility index (Phi) is 5.90. The van der Waals surface area contributed by atoms with Crippen molar-refractivity contribution in [3.8, 4) is 0 Å². The first-order valence-electron chi connectivity index (χ1n) is 6.18. The number of thioether (sulfide) groups is 2. The van der Waals surface area contributed by atoms with Crippen LogP contribution >= 0.6 is 51.1 Å². The topological polar surface area (TPSA) is 26.0 Å². The van der Waals surface area contributed by atoms with Crippen LogP contribution in [-0.2, 0) is 0 Å². The van der Waals surface area contributed by atoms with E-state index in [9.17, 15) is 4.39 Å². The van der Waals surface area contributed by atoms with Gasteiger partial charge in [-0.3, -0.25) is 0 Å². The van der Waals surface area contributed by atoms with Crippen LogP contribution in [0.2, 0.25) is 5.02 Å². The van der Waals surface area contributed by atoms with Crippen LogP contribution in [0.3, 0.4) is 0 Å². The minimum Gasteiger partial charge on any atom is -0.323 e. The van der Waals surface area contributed by atoms with Crippen molar-refractivity contribution >= 4 is 51.1 Å². The van der Waals surface area contributed by atoms with E-state index in [-0.39, 0.29) is 16.3 Å². The summed E-state index contributed by atoms with van der Waals surface area (Å²) in [6, 6.07) is 3.19. The predicted molar refractivity (Wildman–Crippen MR) is 88.8 cm³/mol. The van der Waals surface area contributed by atoms with Crippen molar-refractivity contribution in [2.24, 2.45) is 5.73 Å². The predicted octanol–water partition coefficient (Wildman–Crippen LogP) is 4.87. The SMILES string of the molecule is CCC1SCCSC1C(N)c1ccc(Br)c(Cl)c1F. The van der Waals surface area contributed by atoms with Gasteiger partial charge in [-0.05, 0) is 28.4 Å². The molecule has 1 nitrogen and oxygen atoms in total. The van der Waals surface area contributed by atoms with Crippen LogP contribution in [0, 0.1) is 5.82 Å². The summed E-state index contributed by atoms with van der Waals surface area (Å²) in [6.45, 7) is 2.16. The molecule has 6 heteroatoms. The highest BCUT2D eigenvalue weighted by Crippen LogP contribution is 2.41. The Morgan fingerprint density at radius 3 is 2.84 bits per heavy atom. The maximum atomic E-state index is 14.2. The quantitative estimate of drug-likeness (QED) is 0.753. The number of halogens is 3. The molecule has 2 rings (SSSR count). The van der Waals surface area contributed by atoms with E-state index >= 15 is 0 Å². The highest BCUT2D eigenvalue weighted by atomic mass is 79.9. The molecule has 3 unspecified atom stereocenters. The second-order valence-electron chi connectivity index (χ2n) is 4.44. The van der Waals surface area contributed by atoms with E-state index in [2.05, 4.69) is 22.9 Å². The molecular weight excluding hydrogens is 369 g/mol. The Hall–Kier alpha value is 0.580. The molecule has 1 saturated heterocycles. The van der Waals surface area contributed by atoms with Gasteiger partial charge in [0.05, 0.1) is 5.02 Å². The first kappa shape index (κ1) is 16.0. The van der Waals surface area contributed by atoms with E-state index < -0.39 is 5.82 Å². The fourth-order valence-corrected chi connectivity index (χ4v) is 5.90. The maximum absolute atomic E-state index is 14.2. The number of hydrogen-bond acceptors (Lipinski definition) is 3. The smallest absolute Gasteiger partial charge is 0.147 e. The monoisotopic (exact) mass is 383 g/mol. The molecule has 3 atom stereocenters. The molecule has 0 saturated carbocycles. The minimum atomic E-state index is -0.394. The van der Waals surface area contributed by atoms with Crippen molar-refractivity contribution in [1.82, 2.24) is 0 Å². The average Bonchev–Trinajstić information content (AvgIpc) is 2.44. The van der Waals surface area contributed by atoms with Gasteiger partial charge in [0.1, 0.15) is 5.82 Å². The fourth-order valence-electron chi connectivity index (χ4n) is 2.25. The molecule has 106 valence electrons. The lowest BCUT2D eigenvalue weighted by molar-refractivity contribution is 0.560. The summed E-state index contributed by atoms with van der Waals surface area (Å²) >= 11 is 13.0. The van der Waals surface area contributed by atoms with E-state index in [0.717, 1.165) is 17.9 Å². The molecule has 1 aliphatic rings. The lowest BCUT2D eigenvalue weighted by Crippen LogP contribution is -2.36. The molecule has 0 radical (unpaired) electrons. The Labute approximate surface area is 135 Å². The van der Waals surface area contributed by atoms with Crippen LogP contribution in [-0.4, -0.2) is 22.0 Å². The Morgan fingerprint density at radius 2 is 2.16 bits per heavy atom. The van der Waals surface area contributed by atoms with Crippen LogP contribution in [0.25, 0.3) is 0 Å². The third-order valence-electron chi connectivity index (χ3n) is 3.27. The molecule has 1 aromatic rings. The molecule has 1 fully saturated rings. The lowest BCUT2D eigenvalue weighted by atomic mass is 10.0. The number of hydrogen-bond donors (Lipinski definition) is 1. The molecule has 2 N–H and O–H groups in total. The normalized spacial score (nSPS) is 25.3. The highest BCUT2D eigenvalue weighted by molar-refractivity contribution is 9.10. The number of rotatable bonds is 3. The van der Waals surface area contributed by atoms with Gasteiger partial charge >= 0.3 is 0 Å². The summed E-state index contributed by atoms with van der Waals surface area (Å²) in [5.74, 6) is 1.83. The van der Waals surface area contributed by atoms with Crippen LogP contribution in [0.1, 0.15) is 24.9 Å². The maximum Gasteiger partial charge on any atom is 0.147 e. The van der Waals surface area contributed by atoms with Crippen LogP contribution < -0.4 is 5.73 Å². The van der Waals surface area contributed by atoms with Gasteiger partial charge in [0.2, 0.25) is 0 Å². The van der Waals surface area contributed by atoms with Gasteiger partial charge in [0, 0.05) is 38.1 Å². The van der Waals surface area contributed by atoms with Gasteiger partial charge < -0.3 is 5.73 Å². The zero-order chi connectivity index (χ0) is 14.0. The first-order valence-corrected chi connectivity index (χ1v) is 9.45. The Bertz CT molecular complexity index is 461. The standard InChI is InChI=1S/C13H16BrClFNS2/c1-2-9-13(19-6-5-18-9)12(17)7-3-4-8(14)10(15)11(7)16/h3-4,9,12-13H,2,5-6,17H2,1H3. The van der Waals surface area contributed by atoms with E-state index in [1.165, 1.54) is 0 Å². The van der Waals surface area contributed by atoms with Gasteiger partial charge in [0.25, 0.3) is 0 Å². The van der Waals surface area contributed by atoms with Crippen molar-refractivity contribution in [3.63, 3.8) is 0 Å². The van der Waals surface area contributed by atoms with Crippen molar-refractivity contribution in [3.05, 3.63) is 33.0 Å². The summed E-state index contributed by atoms with van der Waals surface area (Å²) in [5.41, 5.74) is 6.83. The Balaban J connectivity index is 2.28. The van der Waals surface area contributed by atoms with Crippen LogP contribution in [0.5, 0.6) is 0 Å². The second kappa shape index (κ2) is 7.03. The minimum absolute atomic E-state index is 0.120. The van der Waals surface area contributed by atoms with E-state index in [1.807, 2.05) is 23.5 Å². The van der Waals surface area contributed by atoms with Crippen LogP contribution in [0.4, 0.5) is 4.39 Å². The summed E-state index contributed by atoms with van der Waals surface area (Å²) in [4.78, 5) is 0. The molecule has 0 spiro atoms. The molecule has 0 bridgehead atoms. The van der Waals surface area contributed by atoms with Gasteiger partial charge in [-0.1, -0.05) is 24.6 Å². The summed E-state index contributed by atoms with van der Waals surface area (Å²) < 4.78 is 14.8. The summed E-state index contributed by atoms with van der Waals surface area (Å²) in [5, 5.41) is 0.848. The zero-order valence-corrected chi connectivity index (χ0v) is 14.5. The van der Waals surface area contributed by atoms with Gasteiger partial charge in [-0.15, -0.1) is 0 Å². The van der Waals surface area contributed by atoms with E-state index in [4.69, 9.17) is 17.3 Å². The van der Waals surface area contributed by atoms with Crippen LogP contribution in [0.15, 0.2) is 16.6 Å². The van der Waals surface area contributed by atoms with Crippen molar-refractivity contribution in [1.29, 1.82) is 0 Å². The first-order chi connectivity index (χ1) is 9.06. The summed E-state index contributed by atoms with van der Waals surface area (Å²) in [6.07, 6.45) is 1.06. The third-order valence-corrected chi connectivity index (χ3v) is 7.90. The molecule has 0 aromatic heterocycles. The van der Waals surface area contributed by atoms with Crippen molar-refractivity contribution in [2.45, 2.75) is 29.9 Å². The molecule has 19 heavy (non-hydrogen) atoms. The second-order valence-corrected chi connectivity index (χ2v) is 8.31. The van der Waals surface area contributed by atoms with Gasteiger partial charge in [-0.25, -0.2) is 4.39 Å². The molecule has 1 aromatic carbocycles. The molecule has 1 aliphatic heterocycles. The molecule has 0 aliphatic carbocycles. The van der Waals surface area contributed by atoms with E-state index in [0.29, 0.717) is 15.3 Å². The fraction of sp³-hybridized carbons (Fsp3) is 0.538. The van der Waals surface area contributed by atoms with Gasteiger partial charge in [0.15, 0.2) is 0 Å². The third kappa shape index (κ3) is 3.43. The van der Waals surface area contributed by atoms with Crippen molar-refractivity contribution < 1.29 is 4.39 Å². The molecule has 0 amide bonds. The summed E-state index contributed by atoms with van der Waals surface area (Å²) in [7, 11) is 0. The number of benzene rings is 1. The number of nitrogens with two attached hydrogens (primary N) is 1. The van der Waals surface area contributed by atoms with E-state index in [1.54, 1.807) is 12.1 Å². The van der Waals surface area contributed by atoms with Gasteiger partial charge in [-0.2, -0.15) is 23.5 Å². The zero-order valence-electron chi connectivity index (χ0n) is 10.5. The molecule has 1 heterocycles. The lowest BCUT2D eigenvalue weighted by Gasteiger charge is -2.34. The Morgan fingerprint density at radius 1 is 1.47 bits per heavy atom. The molecular formula is C13H16BrClFNS2. The van der Waals surface area contributed by atoms with Crippen molar-refractivity contribution in [2.75, 3.05) is 11.5 Å². The largest absolute Gasteiger partial charge is 0.323 e. The average molecular weight is 385 g/mol. The highest BCUT2D eigenvalue weighted by Gasteiger charge is 2.32.